The molecule has 1 aliphatic heterocycles. The molecule has 1 saturated heterocycles. The Hall–Kier alpha value is -0.180. The third-order valence-corrected chi connectivity index (χ3v) is 2.70. The van der Waals surface area contributed by atoms with Crippen molar-refractivity contribution in [3.05, 3.63) is 0 Å². The van der Waals surface area contributed by atoms with Gasteiger partial charge in [0.2, 0.25) is 5.91 Å². The molecular formula is C6H11NOS. The molecule has 0 aliphatic carbocycles. The van der Waals surface area contributed by atoms with Crippen LogP contribution in [0.25, 0.3) is 0 Å². The molecule has 0 aromatic rings. The number of hydrogen-bond acceptors (Lipinski definition) is 2. The van der Waals surface area contributed by atoms with E-state index in [1.165, 1.54) is 0 Å². The highest BCUT2D eigenvalue weighted by Crippen LogP contribution is 2.19. The molecule has 0 spiro atoms. The summed E-state index contributed by atoms with van der Waals surface area (Å²) in [5.74, 6) is 2.18. The average Bonchev–Trinajstić information content (AvgIpc) is 2.13. The van der Waals surface area contributed by atoms with E-state index in [0.717, 1.165) is 11.6 Å². The summed E-state index contributed by atoms with van der Waals surface area (Å²) in [4.78, 5) is 12.7. The van der Waals surface area contributed by atoms with Gasteiger partial charge < -0.3 is 4.90 Å². The minimum atomic E-state index is 0.201. The quantitative estimate of drug-likeness (QED) is 0.505. The molecule has 1 aliphatic rings. The van der Waals surface area contributed by atoms with Crippen LogP contribution in [-0.4, -0.2) is 28.5 Å². The van der Waals surface area contributed by atoms with Gasteiger partial charge in [0.1, 0.15) is 0 Å². The number of amides is 1. The Labute approximate surface area is 59.6 Å². The van der Waals surface area contributed by atoms with Crippen LogP contribution in [0.5, 0.6) is 0 Å². The molecule has 1 rings (SSSR count). The van der Waals surface area contributed by atoms with E-state index in [2.05, 4.69) is 6.92 Å². The first-order valence-corrected chi connectivity index (χ1v) is 4.22. The molecule has 0 N–H and O–H groups in total. The zero-order valence-corrected chi connectivity index (χ0v) is 6.57. The van der Waals surface area contributed by atoms with Gasteiger partial charge in [-0.05, 0) is 6.92 Å². The molecule has 52 valence electrons. The van der Waals surface area contributed by atoms with Crippen LogP contribution in [0.3, 0.4) is 0 Å². The van der Waals surface area contributed by atoms with E-state index in [0.29, 0.717) is 6.04 Å². The molecule has 3 heteroatoms. The fourth-order valence-corrected chi connectivity index (χ4v) is 2.20. The Morgan fingerprint density at radius 2 is 2.44 bits per heavy atom. The minimum absolute atomic E-state index is 0.201. The molecule has 1 fully saturated rings. The number of hydrogen-bond donors (Lipinski definition) is 0. The van der Waals surface area contributed by atoms with E-state index in [4.69, 9.17) is 0 Å². The first-order valence-electron chi connectivity index (χ1n) is 3.07. The van der Waals surface area contributed by atoms with Gasteiger partial charge in [-0.1, -0.05) is 0 Å². The summed E-state index contributed by atoms with van der Waals surface area (Å²) in [5.41, 5.74) is 0. The largest absolute Gasteiger partial charge is 0.330 e. The van der Waals surface area contributed by atoms with Crippen molar-refractivity contribution in [1.82, 2.24) is 4.90 Å². The first-order chi connectivity index (χ1) is 4.22. The Morgan fingerprint density at radius 3 is 2.67 bits per heavy atom. The Balaban J connectivity index is 2.49. The molecule has 0 aromatic carbocycles. The van der Waals surface area contributed by atoms with Crippen LogP contribution in [0.4, 0.5) is 0 Å². The maximum absolute atomic E-state index is 10.8. The van der Waals surface area contributed by atoms with Crippen molar-refractivity contribution in [3.63, 3.8) is 0 Å². The normalized spacial score (nSPS) is 26.9. The third-order valence-electron chi connectivity index (χ3n) is 1.53. The Morgan fingerprint density at radius 1 is 1.78 bits per heavy atom. The zero-order chi connectivity index (χ0) is 6.85. The van der Waals surface area contributed by atoms with Gasteiger partial charge in [0.05, 0.1) is 5.88 Å². The average molecular weight is 145 g/mol. The molecule has 0 radical (unpaired) electrons. The van der Waals surface area contributed by atoms with E-state index in [-0.39, 0.29) is 5.91 Å². The third kappa shape index (κ3) is 1.39. The van der Waals surface area contributed by atoms with E-state index < -0.39 is 0 Å². The number of thioether (sulfide) groups is 1. The molecule has 0 unspecified atom stereocenters. The van der Waals surface area contributed by atoms with Crippen molar-refractivity contribution in [1.29, 1.82) is 0 Å². The van der Waals surface area contributed by atoms with Gasteiger partial charge in [-0.25, -0.2) is 0 Å². The lowest BCUT2D eigenvalue weighted by molar-refractivity contribution is -0.128. The lowest BCUT2D eigenvalue weighted by Crippen LogP contribution is -2.32. The highest BCUT2D eigenvalue weighted by Gasteiger charge is 2.21. The second-order valence-corrected chi connectivity index (χ2v) is 3.34. The van der Waals surface area contributed by atoms with E-state index >= 15 is 0 Å². The van der Waals surface area contributed by atoms with Crippen molar-refractivity contribution >= 4 is 17.7 Å². The number of carbonyl (C=O) groups is 1. The molecular weight excluding hydrogens is 134 g/mol. The first kappa shape index (κ1) is 6.93. The molecule has 1 amide bonds. The predicted molar refractivity (Wildman–Crippen MR) is 39.3 cm³/mol. The van der Waals surface area contributed by atoms with Crippen molar-refractivity contribution in [2.75, 3.05) is 11.6 Å². The fraction of sp³-hybridized carbons (Fsp3) is 0.833. The van der Waals surface area contributed by atoms with Crippen molar-refractivity contribution in [3.8, 4) is 0 Å². The van der Waals surface area contributed by atoms with Gasteiger partial charge in [-0.3, -0.25) is 4.79 Å². The van der Waals surface area contributed by atoms with E-state index in [1.54, 1.807) is 6.92 Å². The molecule has 2 nitrogen and oxygen atoms in total. The van der Waals surface area contributed by atoms with Crippen molar-refractivity contribution in [2.24, 2.45) is 0 Å². The Kier molecular flexibility index (Phi) is 2.01. The van der Waals surface area contributed by atoms with Crippen molar-refractivity contribution in [2.45, 2.75) is 19.9 Å². The summed E-state index contributed by atoms with van der Waals surface area (Å²) < 4.78 is 0. The van der Waals surface area contributed by atoms with Crippen LogP contribution < -0.4 is 0 Å². The SMILES string of the molecule is CC(=O)N1CSC[C@H]1C. The highest BCUT2D eigenvalue weighted by molar-refractivity contribution is 7.99. The maximum atomic E-state index is 10.8. The molecule has 1 heterocycles. The molecule has 9 heavy (non-hydrogen) atoms. The van der Waals surface area contributed by atoms with Crippen LogP contribution in [0.15, 0.2) is 0 Å². The maximum Gasteiger partial charge on any atom is 0.220 e. The summed E-state index contributed by atoms with van der Waals surface area (Å²) in [6, 6.07) is 0.451. The summed E-state index contributed by atoms with van der Waals surface area (Å²) in [5, 5.41) is 0. The number of rotatable bonds is 0. The summed E-state index contributed by atoms with van der Waals surface area (Å²) in [6.45, 7) is 3.71. The van der Waals surface area contributed by atoms with Crippen molar-refractivity contribution < 1.29 is 4.79 Å². The second kappa shape index (κ2) is 2.60. The fourth-order valence-electron chi connectivity index (χ4n) is 0.940. The summed E-state index contributed by atoms with van der Waals surface area (Å²) in [6.07, 6.45) is 0. The van der Waals surface area contributed by atoms with E-state index in [1.807, 2.05) is 16.7 Å². The summed E-state index contributed by atoms with van der Waals surface area (Å²) >= 11 is 1.82. The molecule has 0 bridgehead atoms. The number of nitrogens with zero attached hydrogens (tertiary/aromatic N) is 1. The minimum Gasteiger partial charge on any atom is -0.330 e. The lowest BCUT2D eigenvalue weighted by atomic mass is 10.3. The monoisotopic (exact) mass is 145 g/mol. The van der Waals surface area contributed by atoms with Gasteiger partial charge in [0, 0.05) is 18.7 Å². The van der Waals surface area contributed by atoms with Gasteiger partial charge in [0.15, 0.2) is 0 Å². The Bertz CT molecular complexity index is 126. The molecule has 0 saturated carbocycles. The molecule has 1 atom stereocenters. The topological polar surface area (TPSA) is 20.3 Å². The zero-order valence-electron chi connectivity index (χ0n) is 5.76. The van der Waals surface area contributed by atoms with Gasteiger partial charge in [-0.2, -0.15) is 0 Å². The lowest BCUT2D eigenvalue weighted by Gasteiger charge is -2.17. The van der Waals surface area contributed by atoms with Gasteiger partial charge in [0.25, 0.3) is 0 Å². The predicted octanol–water partition coefficient (Wildman–Crippen LogP) is 0.928. The van der Waals surface area contributed by atoms with Gasteiger partial charge in [-0.15, -0.1) is 11.8 Å². The number of carbonyl (C=O) groups excluding carboxylic acids is 1. The van der Waals surface area contributed by atoms with Crippen LogP contribution in [0.1, 0.15) is 13.8 Å². The van der Waals surface area contributed by atoms with E-state index in [9.17, 15) is 4.79 Å². The van der Waals surface area contributed by atoms with Crippen LogP contribution >= 0.6 is 11.8 Å². The van der Waals surface area contributed by atoms with Gasteiger partial charge >= 0.3 is 0 Å². The van der Waals surface area contributed by atoms with Crippen LogP contribution in [0.2, 0.25) is 0 Å². The molecule has 0 aromatic heterocycles. The summed E-state index contributed by atoms with van der Waals surface area (Å²) in [7, 11) is 0. The standard InChI is InChI=1S/C6H11NOS/c1-5-3-9-4-7(5)6(2)8/h5H,3-4H2,1-2H3/t5-/m1/s1. The van der Waals surface area contributed by atoms with Crippen LogP contribution in [-0.2, 0) is 4.79 Å². The second-order valence-electron chi connectivity index (χ2n) is 2.34. The smallest absolute Gasteiger partial charge is 0.220 e. The highest BCUT2D eigenvalue weighted by atomic mass is 32.2. The van der Waals surface area contributed by atoms with Crippen LogP contribution in [0, 0.1) is 0 Å².